The van der Waals surface area contributed by atoms with Gasteiger partial charge in [0.05, 0.1) is 7.11 Å². The quantitative estimate of drug-likeness (QED) is 0.776. The van der Waals surface area contributed by atoms with E-state index in [9.17, 15) is 0 Å². The number of ether oxygens (including phenoxy) is 1. The second kappa shape index (κ2) is 4.08. The third-order valence-corrected chi connectivity index (χ3v) is 3.89. The van der Waals surface area contributed by atoms with Crippen molar-refractivity contribution >= 4 is 15.9 Å². The predicted octanol–water partition coefficient (Wildman–Crippen LogP) is 2.69. The van der Waals surface area contributed by atoms with Gasteiger partial charge in [-0.25, -0.2) is 4.98 Å². The summed E-state index contributed by atoms with van der Waals surface area (Å²) in [6, 6.07) is 0. The average molecular weight is 271 g/mol. The summed E-state index contributed by atoms with van der Waals surface area (Å²) in [6.45, 7) is 2.24. The molecule has 0 radical (unpaired) electrons. The molecule has 0 N–H and O–H groups in total. The predicted molar refractivity (Wildman–Crippen MR) is 62.5 cm³/mol. The highest BCUT2D eigenvalue weighted by molar-refractivity contribution is 9.09. The monoisotopic (exact) mass is 270 g/mol. The maximum Gasteiger partial charge on any atom is 0.235 e. The Labute approximate surface area is 98.4 Å². The van der Waals surface area contributed by atoms with Gasteiger partial charge in [0.2, 0.25) is 5.88 Å². The average Bonchev–Trinajstić information content (AvgIpc) is 2.60. The number of halogens is 1. The molecule has 2 unspecified atom stereocenters. The number of methoxy groups -OCH3 is 1. The van der Waals surface area contributed by atoms with Gasteiger partial charge in [-0.3, -0.25) is 4.98 Å². The van der Waals surface area contributed by atoms with Crippen LogP contribution in [0.2, 0.25) is 0 Å². The molecule has 1 aliphatic rings. The van der Waals surface area contributed by atoms with E-state index in [2.05, 4.69) is 32.8 Å². The van der Waals surface area contributed by atoms with Crippen LogP contribution in [0.3, 0.4) is 0 Å². The molecule has 3 nitrogen and oxygen atoms in total. The van der Waals surface area contributed by atoms with Crippen LogP contribution in [-0.4, -0.2) is 21.9 Å². The summed E-state index contributed by atoms with van der Waals surface area (Å²) in [7, 11) is 1.65. The molecule has 1 aliphatic carbocycles. The second-order valence-electron chi connectivity index (χ2n) is 4.31. The Morgan fingerprint density at radius 1 is 1.47 bits per heavy atom. The summed E-state index contributed by atoms with van der Waals surface area (Å²) in [5.41, 5.74) is 1.10. The van der Waals surface area contributed by atoms with Crippen LogP contribution in [-0.2, 0) is 5.41 Å². The molecule has 82 valence electrons. The first-order chi connectivity index (χ1) is 7.15. The SMILES string of the molecule is COc1nccnc1C1(C)CCC(Br)C1. The zero-order valence-electron chi connectivity index (χ0n) is 9.03. The molecule has 0 aliphatic heterocycles. The lowest BCUT2D eigenvalue weighted by atomic mass is 9.85. The molecule has 1 aromatic heterocycles. The highest BCUT2D eigenvalue weighted by Crippen LogP contribution is 2.44. The fourth-order valence-electron chi connectivity index (χ4n) is 2.27. The van der Waals surface area contributed by atoms with E-state index < -0.39 is 0 Å². The number of nitrogens with zero attached hydrogens (tertiary/aromatic N) is 2. The summed E-state index contributed by atoms with van der Waals surface area (Å²) >= 11 is 3.67. The van der Waals surface area contributed by atoms with E-state index in [1.807, 2.05) is 0 Å². The van der Waals surface area contributed by atoms with Gasteiger partial charge in [0.1, 0.15) is 5.69 Å². The van der Waals surface area contributed by atoms with Crippen LogP contribution in [0.5, 0.6) is 5.88 Å². The molecule has 1 aromatic rings. The largest absolute Gasteiger partial charge is 0.480 e. The Morgan fingerprint density at radius 2 is 2.20 bits per heavy atom. The van der Waals surface area contributed by atoms with Gasteiger partial charge in [0, 0.05) is 22.6 Å². The Kier molecular flexibility index (Phi) is 2.96. The Hall–Kier alpha value is -0.640. The highest BCUT2D eigenvalue weighted by atomic mass is 79.9. The minimum absolute atomic E-state index is 0.105. The van der Waals surface area contributed by atoms with Crippen molar-refractivity contribution in [3.8, 4) is 5.88 Å². The molecule has 0 aromatic carbocycles. The second-order valence-corrected chi connectivity index (χ2v) is 5.61. The zero-order valence-corrected chi connectivity index (χ0v) is 10.6. The van der Waals surface area contributed by atoms with Gasteiger partial charge in [0.25, 0.3) is 0 Å². The lowest BCUT2D eigenvalue weighted by molar-refractivity contribution is 0.363. The molecule has 4 heteroatoms. The van der Waals surface area contributed by atoms with Crippen molar-refractivity contribution < 1.29 is 4.74 Å². The van der Waals surface area contributed by atoms with Crippen molar-refractivity contribution in [3.63, 3.8) is 0 Å². The Bertz CT molecular complexity index is 358. The maximum atomic E-state index is 5.27. The highest BCUT2D eigenvalue weighted by Gasteiger charge is 2.39. The van der Waals surface area contributed by atoms with Crippen molar-refractivity contribution in [2.45, 2.75) is 36.4 Å². The minimum atomic E-state index is 0.105. The topological polar surface area (TPSA) is 35.0 Å². The molecule has 1 fully saturated rings. The first-order valence-corrected chi connectivity index (χ1v) is 6.07. The van der Waals surface area contributed by atoms with Crippen molar-refractivity contribution in [2.75, 3.05) is 7.11 Å². The van der Waals surface area contributed by atoms with E-state index in [4.69, 9.17) is 4.74 Å². The summed E-state index contributed by atoms with van der Waals surface area (Å²) in [4.78, 5) is 9.23. The summed E-state index contributed by atoms with van der Waals surface area (Å²) in [5.74, 6) is 0.668. The molecular formula is C11H15BrN2O. The van der Waals surface area contributed by atoms with E-state index in [0.717, 1.165) is 18.5 Å². The van der Waals surface area contributed by atoms with Gasteiger partial charge in [-0.15, -0.1) is 0 Å². The van der Waals surface area contributed by atoms with Crippen LogP contribution in [0, 0.1) is 0 Å². The molecule has 0 spiro atoms. The van der Waals surface area contributed by atoms with Gasteiger partial charge in [-0.05, 0) is 19.3 Å². The standard InChI is InChI=1S/C11H15BrN2O/c1-11(4-3-8(12)7-11)9-10(15-2)14-6-5-13-9/h5-6,8H,3-4,7H2,1-2H3. The molecule has 0 saturated heterocycles. The smallest absolute Gasteiger partial charge is 0.235 e. The molecular weight excluding hydrogens is 256 g/mol. The summed E-state index contributed by atoms with van der Waals surface area (Å²) < 4.78 is 5.27. The lowest BCUT2D eigenvalue weighted by Gasteiger charge is -2.23. The number of aromatic nitrogens is 2. The van der Waals surface area contributed by atoms with E-state index >= 15 is 0 Å². The Morgan fingerprint density at radius 3 is 2.80 bits per heavy atom. The first kappa shape index (κ1) is 10.9. The third kappa shape index (κ3) is 2.00. The molecule has 15 heavy (non-hydrogen) atoms. The molecule has 2 atom stereocenters. The summed E-state index contributed by atoms with van der Waals surface area (Å²) in [5, 5.41) is 0. The van der Waals surface area contributed by atoms with Crippen molar-refractivity contribution in [1.82, 2.24) is 9.97 Å². The minimum Gasteiger partial charge on any atom is -0.480 e. The van der Waals surface area contributed by atoms with Gasteiger partial charge in [0.15, 0.2) is 0 Å². The Balaban J connectivity index is 2.36. The van der Waals surface area contributed by atoms with Crippen molar-refractivity contribution in [1.29, 1.82) is 0 Å². The van der Waals surface area contributed by atoms with Crippen LogP contribution >= 0.6 is 15.9 Å². The number of alkyl halides is 1. The molecule has 0 amide bonds. The van der Waals surface area contributed by atoms with Crippen LogP contribution in [0.4, 0.5) is 0 Å². The maximum absolute atomic E-state index is 5.27. The molecule has 1 heterocycles. The first-order valence-electron chi connectivity index (χ1n) is 5.15. The number of hydrogen-bond acceptors (Lipinski definition) is 3. The van der Waals surface area contributed by atoms with Gasteiger partial charge in [-0.1, -0.05) is 22.9 Å². The van der Waals surface area contributed by atoms with Gasteiger partial charge < -0.3 is 4.74 Å². The number of hydrogen-bond donors (Lipinski definition) is 0. The fraction of sp³-hybridized carbons (Fsp3) is 0.636. The number of rotatable bonds is 2. The van der Waals surface area contributed by atoms with Crippen LogP contribution in [0.1, 0.15) is 31.9 Å². The van der Waals surface area contributed by atoms with E-state index in [1.54, 1.807) is 19.5 Å². The third-order valence-electron chi connectivity index (χ3n) is 3.11. The zero-order chi connectivity index (χ0) is 10.9. The van der Waals surface area contributed by atoms with Crippen molar-refractivity contribution in [3.05, 3.63) is 18.1 Å². The molecule has 2 rings (SSSR count). The molecule has 1 saturated carbocycles. The lowest BCUT2D eigenvalue weighted by Crippen LogP contribution is -2.21. The summed E-state index contributed by atoms with van der Waals surface area (Å²) in [6.07, 6.45) is 6.84. The fourth-order valence-corrected chi connectivity index (χ4v) is 3.22. The van der Waals surface area contributed by atoms with Crippen LogP contribution < -0.4 is 4.74 Å². The molecule has 0 bridgehead atoms. The van der Waals surface area contributed by atoms with Crippen molar-refractivity contribution in [2.24, 2.45) is 0 Å². The van der Waals surface area contributed by atoms with Crippen LogP contribution in [0.25, 0.3) is 0 Å². The van der Waals surface area contributed by atoms with E-state index in [0.29, 0.717) is 10.7 Å². The van der Waals surface area contributed by atoms with E-state index in [1.165, 1.54) is 6.42 Å². The van der Waals surface area contributed by atoms with Gasteiger partial charge in [-0.2, -0.15) is 0 Å². The van der Waals surface area contributed by atoms with E-state index in [-0.39, 0.29) is 5.41 Å². The van der Waals surface area contributed by atoms with Crippen LogP contribution in [0.15, 0.2) is 12.4 Å². The van der Waals surface area contributed by atoms with Gasteiger partial charge >= 0.3 is 0 Å². The normalized spacial score (nSPS) is 30.5.